The van der Waals surface area contributed by atoms with E-state index in [1.807, 2.05) is 37.3 Å². The molecule has 0 radical (unpaired) electrons. The normalized spacial score (nSPS) is 16.5. The Hall–Kier alpha value is -2.38. The number of methoxy groups -OCH3 is 1. The van der Waals surface area contributed by atoms with Crippen LogP contribution in [-0.2, 0) is 10.0 Å². The quantitative estimate of drug-likeness (QED) is 0.716. The maximum absolute atomic E-state index is 13.2. The minimum absolute atomic E-state index is 0.128. The Morgan fingerprint density at radius 1 is 1.07 bits per heavy atom. The van der Waals surface area contributed by atoms with E-state index >= 15 is 0 Å². The third-order valence-corrected chi connectivity index (χ3v) is 7.43. The van der Waals surface area contributed by atoms with Crippen molar-refractivity contribution in [1.82, 2.24) is 9.62 Å². The van der Waals surface area contributed by atoms with E-state index in [1.54, 1.807) is 6.07 Å². The number of ether oxygens (including phenoxy) is 1. The molecular weight excluding hydrogens is 400 g/mol. The number of nitrogens with zero attached hydrogens (tertiary/aromatic N) is 1. The van der Waals surface area contributed by atoms with Crippen LogP contribution >= 0.6 is 0 Å². The predicted octanol–water partition coefficient (Wildman–Crippen LogP) is 4.14. The summed E-state index contributed by atoms with van der Waals surface area (Å²) in [5.41, 5.74) is 1.23. The number of carbonyl (C=O) groups is 1. The Morgan fingerprint density at radius 3 is 2.33 bits per heavy atom. The van der Waals surface area contributed by atoms with Crippen molar-refractivity contribution in [2.24, 2.45) is 0 Å². The highest BCUT2D eigenvalue weighted by Crippen LogP contribution is 2.27. The molecule has 1 atom stereocenters. The van der Waals surface area contributed by atoms with Crippen molar-refractivity contribution in [3.63, 3.8) is 0 Å². The maximum atomic E-state index is 13.2. The van der Waals surface area contributed by atoms with Gasteiger partial charge in [-0.2, -0.15) is 4.31 Å². The molecule has 0 spiro atoms. The van der Waals surface area contributed by atoms with Crippen molar-refractivity contribution in [2.75, 3.05) is 20.2 Å². The summed E-state index contributed by atoms with van der Waals surface area (Å²) in [6.45, 7) is 3.03. The highest BCUT2D eigenvalue weighted by Gasteiger charge is 2.27. The highest BCUT2D eigenvalue weighted by atomic mass is 32.2. The fourth-order valence-electron chi connectivity index (χ4n) is 3.80. The van der Waals surface area contributed by atoms with Crippen molar-refractivity contribution in [3.8, 4) is 5.75 Å². The second kappa shape index (κ2) is 10.1. The lowest BCUT2D eigenvalue weighted by Crippen LogP contribution is -2.32. The summed E-state index contributed by atoms with van der Waals surface area (Å²) >= 11 is 0. The summed E-state index contributed by atoms with van der Waals surface area (Å²) in [7, 11) is -2.18. The summed E-state index contributed by atoms with van der Waals surface area (Å²) in [6.07, 6.45) is 4.51. The molecule has 0 saturated carbocycles. The van der Waals surface area contributed by atoms with E-state index in [-0.39, 0.29) is 22.4 Å². The zero-order valence-electron chi connectivity index (χ0n) is 17.6. The van der Waals surface area contributed by atoms with Crippen LogP contribution < -0.4 is 10.1 Å². The number of amides is 1. The molecule has 7 heteroatoms. The number of rotatable bonds is 7. The van der Waals surface area contributed by atoms with Crippen LogP contribution in [-0.4, -0.2) is 38.8 Å². The van der Waals surface area contributed by atoms with Gasteiger partial charge in [0.2, 0.25) is 10.0 Å². The monoisotopic (exact) mass is 430 g/mol. The fraction of sp³-hybridized carbons (Fsp3) is 0.435. The van der Waals surface area contributed by atoms with Crippen LogP contribution in [0.2, 0.25) is 0 Å². The summed E-state index contributed by atoms with van der Waals surface area (Å²) in [5.74, 6) is 0.000649. The molecule has 0 unspecified atom stereocenters. The van der Waals surface area contributed by atoms with Gasteiger partial charge in [0.05, 0.1) is 23.6 Å². The average molecular weight is 431 g/mol. The first-order valence-electron chi connectivity index (χ1n) is 10.5. The van der Waals surface area contributed by atoms with Crippen LogP contribution in [0.1, 0.15) is 61.0 Å². The third kappa shape index (κ3) is 5.02. The van der Waals surface area contributed by atoms with Crippen LogP contribution in [0.15, 0.2) is 53.4 Å². The van der Waals surface area contributed by atoms with Crippen molar-refractivity contribution in [2.45, 2.75) is 50.0 Å². The molecule has 0 bridgehead atoms. The van der Waals surface area contributed by atoms with Crippen LogP contribution in [0.5, 0.6) is 5.75 Å². The van der Waals surface area contributed by atoms with E-state index < -0.39 is 10.0 Å². The molecular formula is C23H30N2O4S. The van der Waals surface area contributed by atoms with Crippen LogP contribution in [0, 0.1) is 0 Å². The molecule has 1 N–H and O–H groups in total. The SMILES string of the molecule is CC[C@@H](NC(=O)c1cc(S(=O)(=O)N2CCCCCC2)ccc1OC)c1ccccc1. The van der Waals surface area contributed by atoms with E-state index in [2.05, 4.69) is 5.32 Å². The molecule has 162 valence electrons. The van der Waals surface area contributed by atoms with Gasteiger partial charge in [0.25, 0.3) is 5.91 Å². The van der Waals surface area contributed by atoms with E-state index in [4.69, 9.17) is 4.74 Å². The lowest BCUT2D eigenvalue weighted by Gasteiger charge is -2.21. The zero-order valence-corrected chi connectivity index (χ0v) is 18.5. The Balaban J connectivity index is 1.89. The van der Waals surface area contributed by atoms with E-state index in [1.165, 1.54) is 23.5 Å². The van der Waals surface area contributed by atoms with E-state index in [9.17, 15) is 13.2 Å². The van der Waals surface area contributed by atoms with Gasteiger partial charge < -0.3 is 10.1 Å². The molecule has 30 heavy (non-hydrogen) atoms. The topological polar surface area (TPSA) is 75.7 Å². The molecule has 0 aliphatic carbocycles. The molecule has 6 nitrogen and oxygen atoms in total. The van der Waals surface area contributed by atoms with Gasteiger partial charge in [0.1, 0.15) is 5.75 Å². The number of carbonyl (C=O) groups excluding carboxylic acids is 1. The van der Waals surface area contributed by atoms with Crippen LogP contribution in [0.25, 0.3) is 0 Å². The lowest BCUT2D eigenvalue weighted by atomic mass is 10.0. The maximum Gasteiger partial charge on any atom is 0.255 e. The first kappa shape index (κ1) is 22.3. The van der Waals surface area contributed by atoms with Crippen LogP contribution in [0.3, 0.4) is 0 Å². The molecule has 1 saturated heterocycles. The summed E-state index contributed by atoms with van der Waals surface area (Å²) in [4.78, 5) is 13.2. The molecule has 1 amide bonds. The average Bonchev–Trinajstić information content (AvgIpc) is 3.07. The van der Waals surface area contributed by atoms with Gasteiger partial charge in [-0.25, -0.2) is 8.42 Å². The molecule has 1 aliphatic rings. The fourth-order valence-corrected chi connectivity index (χ4v) is 5.34. The van der Waals surface area contributed by atoms with Crippen LogP contribution in [0.4, 0.5) is 0 Å². The van der Waals surface area contributed by atoms with Crippen molar-refractivity contribution >= 4 is 15.9 Å². The van der Waals surface area contributed by atoms with Gasteiger partial charge in [0.15, 0.2) is 0 Å². The summed E-state index contributed by atoms with van der Waals surface area (Å²) < 4.78 is 33.2. The second-order valence-corrected chi connectivity index (χ2v) is 9.46. The van der Waals surface area contributed by atoms with Gasteiger partial charge in [-0.05, 0) is 43.0 Å². The molecule has 2 aromatic rings. The van der Waals surface area contributed by atoms with Crippen molar-refractivity contribution < 1.29 is 17.9 Å². The predicted molar refractivity (Wildman–Crippen MR) is 117 cm³/mol. The molecule has 1 aliphatic heterocycles. The molecule has 0 aromatic heterocycles. The third-order valence-electron chi connectivity index (χ3n) is 5.53. The number of sulfonamides is 1. The molecule has 1 fully saturated rings. The Bertz CT molecular complexity index is 952. The largest absolute Gasteiger partial charge is 0.496 e. The number of hydrogen-bond acceptors (Lipinski definition) is 4. The second-order valence-electron chi connectivity index (χ2n) is 7.53. The minimum atomic E-state index is -3.65. The lowest BCUT2D eigenvalue weighted by molar-refractivity contribution is 0.0932. The Morgan fingerprint density at radius 2 is 1.73 bits per heavy atom. The minimum Gasteiger partial charge on any atom is -0.496 e. The van der Waals surface area contributed by atoms with Gasteiger partial charge in [0, 0.05) is 13.1 Å². The van der Waals surface area contributed by atoms with Gasteiger partial charge in [-0.15, -0.1) is 0 Å². The first-order valence-corrected chi connectivity index (χ1v) is 12.0. The summed E-state index contributed by atoms with van der Waals surface area (Å²) in [6, 6.07) is 14.1. The van der Waals surface area contributed by atoms with Crippen molar-refractivity contribution in [1.29, 1.82) is 0 Å². The smallest absolute Gasteiger partial charge is 0.255 e. The first-order chi connectivity index (χ1) is 14.5. The molecule has 2 aromatic carbocycles. The molecule has 1 heterocycles. The van der Waals surface area contributed by atoms with Gasteiger partial charge >= 0.3 is 0 Å². The Kier molecular flexibility index (Phi) is 7.50. The number of nitrogens with one attached hydrogen (secondary N) is 1. The Labute approximate surface area is 179 Å². The molecule has 3 rings (SSSR count). The zero-order chi connectivity index (χ0) is 21.6. The number of hydrogen-bond donors (Lipinski definition) is 1. The standard InChI is InChI=1S/C23H30N2O4S/c1-3-21(18-11-7-6-8-12-18)24-23(26)20-17-19(13-14-22(20)29-2)30(27,28)25-15-9-4-5-10-16-25/h6-8,11-14,17,21H,3-5,9-10,15-16H2,1-2H3,(H,24,26)/t21-/m1/s1. The van der Waals surface area contributed by atoms with E-state index in [0.29, 0.717) is 25.3 Å². The number of benzene rings is 2. The highest BCUT2D eigenvalue weighted by molar-refractivity contribution is 7.89. The van der Waals surface area contributed by atoms with Gasteiger partial charge in [-0.3, -0.25) is 4.79 Å². The summed E-state index contributed by atoms with van der Waals surface area (Å²) in [5, 5.41) is 3.01. The van der Waals surface area contributed by atoms with Crippen molar-refractivity contribution in [3.05, 3.63) is 59.7 Å². The van der Waals surface area contributed by atoms with E-state index in [0.717, 1.165) is 31.2 Å². The van der Waals surface area contributed by atoms with Gasteiger partial charge in [-0.1, -0.05) is 50.1 Å².